The standard InChI is InChI=1S/C15H26N2O3S/c1-12-4-2-3-5-13(12)16-14(18)10-21-11-15(19)17-6-8-20-9-7-17/h12-13H,2-11H2,1H3,(H,16,18). The van der Waals surface area contributed by atoms with E-state index in [1.165, 1.54) is 31.0 Å². The van der Waals surface area contributed by atoms with Crippen LogP contribution in [0.1, 0.15) is 32.6 Å². The third-order valence-corrected chi connectivity index (χ3v) is 5.20. The summed E-state index contributed by atoms with van der Waals surface area (Å²) in [7, 11) is 0. The van der Waals surface area contributed by atoms with Gasteiger partial charge in [0, 0.05) is 19.1 Å². The summed E-state index contributed by atoms with van der Waals surface area (Å²) in [6.45, 7) is 4.79. The number of hydrogen-bond donors (Lipinski definition) is 1. The molecular weight excluding hydrogens is 288 g/mol. The van der Waals surface area contributed by atoms with Gasteiger partial charge >= 0.3 is 0 Å². The van der Waals surface area contributed by atoms with Crippen molar-refractivity contribution >= 4 is 23.6 Å². The zero-order chi connectivity index (χ0) is 15.1. The number of carbonyl (C=O) groups excluding carboxylic acids is 2. The first kappa shape index (κ1) is 16.6. The van der Waals surface area contributed by atoms with Crippen LogP contribution in [0.15, 0.2) is 0 Å². The number of carbonyl (C=O) groups is 2. The van der Waals surface area contributed by atoms with Gasteiger partial charge in [-0.05, 0) is 18.8 Å². The lowest BCUT2D eigenvalue weighted by Gasteiger charge is -2.29. The molecule has 1 N–H and O–H groups in total. The topological polar surface area (TPSA) is 58.6 Å². The molecule has 1 aliphatic carbocycles. The normalized spacial score (nSPS) is 26.4. The van der Waals surface area contributed by atoms with E-state index in [0.717, 1.165) is 6.42 Å². The number of ether oxygens (including phenoxy) is 1. The molecule has 0 spiro atoms. The maximum Gasteiger partial charge on any atom is 0.232 e. The van der Waals surface area contributed by atoms with Gasteiger partial charge in [-0.25, -0.2) is 0 Å². The predicted octanol–water partition coefficient (Wildman–Crippen LogP) is 1.27. The average Bonchev–Trinajstić information content (AvgIpc) is 2.50. The Morgan fingerprint density at radius 1 is 1.19 bits per heavy atom. The van der Waals surface area contributed by atoms with Crippen LogP contribution in [0.4, 0.5) is 0 Å². The van der Waals surface area contributed by atoms with E-state index < -0.39 is 0 Å². The summed E-state index contributed by atoms with van der Waals surface area (Å²) in [5.74, 6) is 1.51. The summed E-state index contributed by atoms with van der Waals surface area (Å²) in [5, 5.41) is 3.12. The van der Waals surface area contributed by atoms with Crippen molar-refractivity contribution in [2.75, 3.05) is 37.8 Å². The molecular formula is C15H26N2O3S. The van der Waals surface area contributed by atoms with E-state index in [1.807, 2.05) is 4.90 Å². The van der Waals surface area contributed by atoms with E-state index in [-0.39, 0.29) is 11.8 Å². The van der Waals surface area contributed by atoms with Gasteiger partial charge in [-0.3, -0.25) is 9.59 Å². The zero-order valence-electron chi connectivity index (χ0n) is 12.8. The monoisotopic (exact) mass is 314 g/mol. The summed E-state index contributed by atoms with van der Waals surface area (Å²) in [6, 6.07) is 0.321. The molecule has 0 aromatic heterocycles. The van der Waals surface area contributed by atoms with Crippen LogP contribution in [-0.4, -0.2) is 60.6 Å². The Hall–Kier alpha value is -0.750. The van der Waals surface area contributed by atoms with E-state index in [0.29, 0.717) is 49.8 Å². The molecule has 2 amide bonds. The molecule has 1 saturated carbocycles. The summed E-state index contributed by atoms with van der Waals surface area (Å²) in [5.41, 5.74) is 0. The fourth-order valence-electron chi connectivity index (χ4n) is 2.91. The summed E-state index contributed by atoms with van der Waals surface area (Å²) in [4.78, 5) is 25.7. The first-order valence-corrected chi connectivity index (χ1v) is 9.05. The highest BCUT2D eigenvalue weighted by atomic mass is 32.2. The zero-order valence-corrected chi connectivity index (χ0v) is 13.6. The second kappa shape index (κ2) is 8.63. The number of nitrogens with zero attached hydrogens (tertiary/aromatic N) is 1. The van der Waals surface area contributed by atoms with E-state index in [9.17, 15) is 9.59 Å². The number of thioether (sulfide) groups is 1. The quantitative estimate of drug-likeness (QED) is 0.830. The van der Waals surface area contributed by atoms with Crippen molar-refractivity contribution in [2.45, 2.75) is 38.6 Å². The van der Waals surface area contributed by atoms with Gasteiger partial charge in [0.2, 0.25) is 11.8 Å². The molecule has 0 bridgehead atoms. The molecule has 2 atom stereocenters. The Labute approximate surface area is 131 Å². The van der Waals surface area contributed by atoms with Gasteiger partial charge < -0.3 is 15.0 Å². The SMILES string of the molecule is CC1CCCCC1NC(=O)CSCC(=O)N1CCOCC1. The van der Waals surface area contributed by atoms with Crippen LogP contribution in [0.3, 0.4) is 0 Å². The first-order valence-electron chi connectivity index (χ1n) is 7.89. The first-order chi connectivity index (χ1) is 10.2. The molecule has 2 rings (SSSR count). The van der Waals surface area contributed by atoms with Crippen molar-refractivity contribution in [3.05, 3.63) is 0 Å². The van der Waals surface area contributed by atoms with Gasteiger partial charge in [-0.2, -0.15) is 0 Å². The average molecular weight is 314 g/mol. The largest absolute Gasteiger partial charge is 0.378 e. The number of morpholine rings is 1. The minimum atomic E-state index is 0.0635. The Kier molecular flexibility index (Phi) is 6.83. The van der Waals surface area contributed by atoms with E-state index in [2.05, 4.69) is 12.2 Å². The molecule has 120 valence electrons. The predicted molar refractivity (Wildman–Crippen MR) is 84.3 cm³/mol. The van der Waals surface area contributed by atoms with Crippen LogP contribution in [-0.2, 0) is 14.3 Å². The number of rotatable bonds is 5. The maximum atomic E-state index is 11.9. The molecule has 6 heteroatoms. The Morgan fingerprint density at radius 3 is 2.62 bits per heavy atom. The van der Waals surface area contributed by atoms with Gasteiger partial charge in [0.25, 0.3) is 0 Å². The van der Waals surface area contributed by atoms with Crippen LogP contribution in [0.25, 0.3) is 0 Å². The van der Waals surface area contributed by atoms with Crippen molar-refractivity contribution in [3.8, 4) is 0 Å². The molecule has 1 aliphatic heterocycles. The molecule has 0 aromatic carbocycles. The van der Waals surface area contributed by atoms with Crippen LogP contribution in [0.2, 0.25) is 0 Å². The molecule has 2 fully saturated rings. The Morgan fingerprint density at radius 2 is 1.90 bits per heavy atom. The number of nitrogens with one attached hydrogen (secondary N) is 1. The van der Waals surface area contributed by atoms with Crippen molar-refractivity contribution in [2.24, 2.45) is 5.92 Å². The lowest BCUT2D eigenvalue weighted by molar-refractivity contribution is -0.132. The Bertz CT molecular complexity index is 359. The molecule has 0 aromatic rings. The molecule has 1 heterocycles. The van der Waals surface area contributed by atoms with Crippen LogP contribution in [0, 0.1) is 5.92 Å². The van der Waals surface area contributed by atoms with Crippen molar-refractivity contribution in [1.82, 2.24) is 10.2 Å². The highest BCUT2D eigenvalue weighted by Crippen LogP contribution is 2.23. The maximum absolute atomic E-state index is 11.9. The molecule has 5 nitrogen and oxygen atoms in total. The Balaban J connectivity index is 1.61. The second-order valence-electron chi connectivity index (χ2n) is 5.92. The van der Waals surface area contributed by atoms with Crippen molar-refractivity contribution in [3.63, 3.8) is 0 Å². The fourth-order valence-corrected chi connectivity index (χ4v) is 3.64. The molecule has 2 unspecified atom stereocenters. The third kappa shape index (κ3) is 5.51. The lowest BCUT2D eigenvalue weighted by atomic mass is 9.86. The van der Waals surface area contributed by atoms with E-state index >= 15 is 0 Å². The highest BCUT2D eigenvalue weighted by molar-refractivity contribution is 8.00. The van der Waals surface area contributed by atoms with E-state index in [4.69, 9.17) is 4.74 Å². The number of hydrogen-bond acceptors (Lipinski definition) is 4. The van der Waals surface area contributed by atoms with E-state index in [1.54, 1.807) is 0 Å². The van der Waals surface area contributed by atoms with Gasteiger partial charge in [0.05, 0.1) is 24.7 Å². The van der Waals surface area contributed by atoms with Gasteiger partial charge in [0.15, 0.2) is 0 Å². The molecule has 21 heavy (non-hydrogen) atoms. The minimum absolute atomic E-state index is 0.0635. The molecule has 1 saturated heterocycles. The van der Waals surface area contributed by atoms with Crippen LogP contribution >= 0.6 is 11.8 Å². The fraction of sp³-hybridized carbons (Fsp3) is 0.867. The van der Waals surface area contributed by atoms with Crippen molar-refractivity contribution < 1.29 is 14.3 Å². The molecule has 0 radical (unpaired) electrons. The second-order valence-corrected chi connectivity index (χ2v) is 6.91. The molecule has 2 aliphatic rings. The summed E-state index contributed by atoms with van der Waals surface area (Å²) >= 11 is 1.41. The van der Waals surface area contributed by atoms with Gasteiger partial charge in [0.1, 0.15) is 0 Å². The van der Waals surface area contributed by atoms with Crippen LogP contribution in [0.5, 0.6) is 0 Å². The minimum Gasteiger partial charge on any atom is -0.378 e. The number of amides is 2. The highest BCUT2D eigenvalue weighted by Gasteiger charge is 2.23. The van der Waals surface area contributed by atoms with Gasteiger partial charge in [-0.15, -0.1) is 11.8 Å². The smallest absolute Gasteiger partial charge is 0.232 e. The summed E-state index contributed by atoms with van der Waals surface area (Å²) in [6.07, 6.45) is 4.77. The van der Waals surface area contributed by atoms with Crippen LogP contribution < -0.4 is 5.32 Å². The third-order valence-electron chi connectivity index (χ3n) is 4.28. The lowest BCUT2D eigenvalue weighted by Crippen LogP contribution is -2.43. The van der Waals surface area contributed by atoms with Crippen molar-refractivity contribution in [1.29, 1.82) is 0 Å². The van der Waals surface area contributed by atoms with Gasteiger partial charge in [-0.1, -0.05) is 19.8 Å². The summed E-state index contributed by atoms with van der Waals surface area (Å²) < 4.78 is 5.22.